The highest BCUT2D eigenvalue weighted by Gasteiger charge is 2.25. The minimum Gasteiger partial charge on any atom is -0.396 e. The van der Waals surface area contributed by atoms with E-state index in [9.17, 15) is 32.1 Å². The molecule has 0 fully saturated rings. The maximum Gasteiger partial charge on any atom is 0.269 e. The van der Waals surface area contributed by atoms with Gasteiger partial charge in [0.25, 0.3) is 15.7 Å². The third kappa shape index (κ3) is 7.65. The first-order valence-electron chi connectivity index (χ1n) is 10.6. The van der Waals surface area contributed by atoms with Gasteiger partial charge in [-0.2, -0.15) is 0 Å². The highest BCUT2D eigenvalue weighted by atomic mass is 32.2. The van der Waals surface area contributed by atoms with Crippen LogP contribution >= 0.6 is 0 Å². The average molecular weight is 528 g/mol. The standard InChI is InChI=1S/C22H29N3O8S2/c1-4-22(33-23-34(29,30)20-13-9-19(10-14-20)25(27)28)18(16-26)6-5-15-24(3)35(31,32)21-11-7-17(2)8-12-21/h4,7-14,18,22-23,26H,1,5-6,15-16H2,2-3H3/t18-,22-/m1/s1. The molecule has 0 aliphatic carbocycles. The number of aliphatic hydroxyl groups is 1. The van der Waals surface area contributed by atoms with E-state index < -0.39 is 37.0 Å². The first kappa shape index (κ1) is 28.6. The fourth-order valence-corrected chi connectivity index (χ4v) is 5.23. The Morgan fingerprint density at radius 1 is 1.11 bits per heavy atom. The summed E-state index contributed by atoms with van der Waals surface area (Å²) in [5, 5.41) is 20.5. The summed E-state index contributed by atoms with van der Waals surface area (Å²) in [4.78, 5) is 17.2. The van der Waals surface area contributed by atoms with Crippen LogP contribution in [0.15, 0.2) is 71.0 Å². The molecule has 11 nitrogen and oxygen atoms in total. The molecule has 0 radical (unpaired) electrons. The van der Waals surface area contributed by atoms with Gasteiger partial charge in [-0.25, -0.2) is 21.1 Å². The number of nitro benzene ring substituents is 1. The monoisotopic (exact) mass is 527 g/mol. The molecule has 2 aromatic rings. The third-order valence-corrected chi connectivity index (χ3v) is 8.44. The molecule has 0 saturated heterocycles. The molecule has 0 unspecified atom stereocenters. The number of sulfonamides is 2. The Labute approximate surface area is 205 Å². The molecule has 13 heteroatoms. The van der Waals surface area contributed by atoms with Gasteiger partial charge in [-0.3, -0.25) is 15.0 Å². The van der Waals surface area contributed by atoms with Crippen LogP contribution in [0.3, 0.4) is 0 Å². The van der Waals surface area contributed by atoms with Crippen molar-refractivity contribution in [1.82, 2.24) is 9.19 Å². The average Bonchev–Trinajstić information content (AvgIpc) is 2.83. The van der Waals surface area contributed by atoms with Gasteiger partial charge in [0, 0.05) is 38.2 Å². The molecule has 0 saturated carbocycles. The molecular weight excluding hydrogens is 498 g/mol. The Balaban J connectivity index is 1.96. The largest absolute Gasteiger partial charge is 0.396 e. The van der Waals surface area contributed by atoms with Crippen molar-refractivity contribution in [3.05, 3.63) is 76.9 Å². The van der Waals surface area contributed by atoms with Crippen molar-refractivity contribution in [2.45, 2.75) is 35.7 Å². The molecule has 0 aliphatic rings. The Bertz CT molecular complexity index is 1210. The molecule has 0 heterocycles. The lowest BCUT2D eigenvalue weighted by molar-refractivity contribution is -0.384. The Morgan fingerprint density at radius 2 is 1.69 bits per heavy atom. The second-order valence-electron chi connectivity index (χ2n) is 7.88. The van der Waals surface area contributed by atoms with Crippen LogP contribution in [0.1, 0.15) is 18.4 Å². The predicted octanol–water partition coefficient (Wildman–Crippen LogP) is 2.38. The lowest BCUT2D eigenvalue weighted by Crippen LogP contribution is -2.35. The summed E-state index contributed by atoms with van der Waals surface area (Å²) < 4.78 is 51.5. The van der Waals surface area contributed by atoms with Gasteiger partial charge in [-0.05, 0) is 44.0 Å². The SMILES string of the molecule is C=C[C@@H](ONS(=O)(=O)c1ccc([N+](=O)[O-])cc1)[C@@H](CO)CCCN(C)S(=O)(=O)c1ccc(C)cc1. The molecule has 2 rings (SSSR count). The number of nitrogens with one attached hydrogen (secondary N) is 1. The van der Waals surface area contributed by atoms with Crippen molar-refractivity contribution in [2.24, 2.45) is 5.92 Å². The summed E-state index contributed by atoms with van der Waals surface area (Å²) >= 11 is 0. The van der Waals surface area contributed by atoms with Gasteiger partial charge in [-0.1, -0.05) is 28.7 Å². The zero-order chi connectivity index (χ0) is 26.2. The highest BCUT2D eigenvalue weighted by molar-refractivity contribution is 7.89. The van der Waals surface area contributed by atoms with Crippen molar-refractivity contribution in [3.63, 3.8) is 0 Å². The van der Waals surface area contributed by atoms with E-state index in [1.54, 1.807) is 12.1 Å². The molecule has 0 aromatic heterocycles. The third-order valence-electron chi connectivity index (χ3n) is 5.36. The first-order chi connectivity index (χ1) is 16.4. The van der Waals surface area contributed by atoms with Crippen LogP contribution in [0.5, 0.6) is 0 Å². The number of rotatable bonds is 14. The fraction of sp³-hybridized carbons (Fsp3) is 0.364. The van der Waals surface area contributed by atoms with Crippen LogP contribution in [-0.2, 0) is 24.9 Å². The van der Waals surface area contributed by atoms with Crippen LogP contribution in [0.25, 0.3) is 0 Å². The molecule has 2 atom stereocenters. The van der Waals surface area contributed by atoms with E-state index in [0.717, 1.165) is 29.8 Å². The number of nitro groups is 1. The second-order valence-corrected chi connectivity index (χ2v) is 11.6. The van der Waals surface area contributed by atoms with Crippen LogP contribution in [0.2, 0.25) is 0 Å². The zero-order valence-corrected chi connectivity index (χ0v) is 21.0. The summed E-state index contributed by atoms with van der Waals surface area (Å²) in [7, 11) is -6.36. The highest BCUT2D eigenvalue weighted by Crippen LogP contribution is 2.20. The molecule has 192 valence electrons. The van der Waals surface area contributed by atoms with E-state index in [1.165, 1.54) is 29.6 Å². The van der Waals surface area contributed by atoms with Crippen molar-refractivity contribution in [1.29, 1.82) is 0 Å². The van der Waals surface area contributed by atoms with Crippen molar-refractivity contribution >= 4 is 25.7 Å². The van der Waals surface area contributed by atoms with E-state index in [0.29, 0.717) is 12.8 Å². The predicted molar refractivity (Wildman–Crippen MR) is 129 cm³/mol. The number of aliphatic hydroxyl groups excluding tert-OH is 1. The number of non-ortho nitro benzene ring substituents is 1. The minimum absolute atomic E-state index is 0.172. The van der Waals surface area contributed by atoms with E-state index >= 15 is 0 Å². The molecule has 35 heavy (non-hydrogen) atoms. The van der Waals surface area contributed by atoms with E-state index in [1.807, 2.05) is 11.8 Å². The van der Waals surface area contributed by atoms with Crippen LogP contribution in [0.4, 0.5) is 5.69 Å². The second kappa shape index (κ2) is 12.3. The van der Waals surface area contributed by atoms with Crippen molar-refractivity contribution in [2.75, 3.05) is 20.2 Å². The maximum atomic E-state index is 12.7. The lowest BCUT2D eigenvalue weighted by Gasteiger charge is -2.24. The van der Waals surface area contributed by atoms with Crippen molar-refractivity contribution in [3.8, 4) is 0 Å². The smallest absolute Gasteiger partial charge is 0.269 e. The van der Waals surface area contributed by atoms with E-state index in [2.05, 4.69) is 6.58 Å². The van der Waals surface area contributed by atoms with Gasteiger partial charge < -0.3 is 5.11 Å². The maximum absolute atomic E-state index is 12.7. The Kier molecular flexibility index (Phi) is 10.1. The fourth-order valence-electron chi connectivity index (χ4n) is 3.20. The van der Waals surface area contributed by atoms with E-state index in [4.69, 9.17) is 4.84 Å². The number of hydrogen-bond acceptors (Lipinski definition) is 8. The topological polar surface area (TPSA) is 156 Å². The molecule has 2 aromatic carbocycles. The molecule has 0 amide bonds. The number of benzene rings is 2. The normalized spacial score (nSPS) is 13.9. The molecule has 0 bridgehead atoms. The number of aryl methyl sites for hydroxylation is 1. The van der Waals surface area contributed by atoms with Gasteiger partial charge >= 0.3 is 0 Å². The van der Waals surface area contributed by atoms with Crippen LogP contribution < -0.4 is 4.89 Å². The number of hydrogen-bond donors (Lipinski definition) is 2. The van der Waals surface area contributed by atoms with Crippen LogP contribution in [0, 0.1) is 23.0 Å². The summed E-state index contributed by atoms with van der Waals surface area (Å²) in [6, 6.07) is 10.8. The Hall–Kier alpha value is -2.68. The molecule has 0 spiro atoms. The van der Waals surface area contributed by atoms with Gasteiger partial charge in [0.05, 0.1) is 14.7 Å². The lowest BCUT2D eigenvalue weighted by atomic mass is 9.97. The molecular formula is C22H29N3O8S2. The van der Waals surface area contributed by atoms with Gasteiger partial charge in [0.15, 0.2) is 0 Å². The van der Waals surface area contributed by atoms with Crippen molar-refractivity contribution < 1.29 is 31.7 Å². The summed E-state index contributed by atoms with van der Waals surface area (Å²) in [5.74, 6) is -0.567. The zero-order valence-electron chi connectivity index (χ0n) is 19.4. The minimum atomic E-state index is -4.15. The van der Waals surface area contributed by atoms with Gasteiger partial charge in [0.2, 0.25) is 10.0 Å². The van der Waals surface area contributed by atoms with Gasteiger partial charge in [0.1, 0.15) is 6.10 Å². The molecule has 0 aliphatic heterocycles. The summed E-state index contributed by atoms with van der Waals surface area (Å²) in [6.45, 7) is 5.29. The van der Waals surface area contributed by atoms with E-state index in [-0.39, 0.29) is 28.6 Å². The van der Waals surface area contributed by atoms with Gasteiger partial charge in [-0.15, -0.1) is 6.58 Å². The summed E-state index contributed by atoms with van der Waals surface area (Å²) in [6.07, 6.45) is 1.11. The quantitative estimate of drug-likeness (QED) is 0.215. The first-order valence-corrected chi connectivity index (χ1v) is 13.5. The molecule has 2 N–H and O–H groups in total. The Morgan fingerprint density at radius 3 is 2.20 bits per heavy atom. The van der Waals surface area contributed by atoms with Crippen LogP contribution in [-0.4, -0.2) is 57.5 Å². The number of nitrogens with zero attached hydrogens (tertiary/aromatic N) is 2. The summed E-state index contributed by atoms with van der Waals surface area (Å²) in [5.41, 5.74) is 0.681.